The Balaban J connectivity index is 2.45. The second-order valence-electron chi connectivity index (χ2n) is 4.09. The van der Waals surface area contributed by atoms with Crippen molar-refractivity contribution in [3.63, 3.8) is 0 Å². The molecule has 0 unspecified atom stereocenters. The van der Waals surface area contributed by atoms with Gasteiger partial charge in [-0.2, -0.15) is 0 Å². The molecule has 0 saturated carbocycles. The third-order valence-corrected chi connectivity index (χ3v) is 3.58. The van der Waals surface area contributed by atoms with Crippen molar-refractivity contribution >= 4 is 10.2 Å². The summed E-state index contributed by atoms with van der Waals surface area (Å²) >= 11 is 0. The fourth-order valence-electron chi connectivity index (χ4n) is 1.52. The van der Waals surface area contributed by atoms with Crippen LogP contribution >= 0.6 is 10.2 Å². The molecule has 1 heterocycles. The zero-order valence-corrected chi connectivity index (χ0v) is 10.7. The smallest absolute Gasteiger partial charge is 0.310 e. The number of benzene rings is 1. The van der Waals surface area contributed by atoms with Gasteiger partial charge in [0, 0.05) is 13.0 Å². The van der Waals surface area contributed by atoms with Crippen LogP contribution in [0.4, 0.5) is 19.4 Å². The molecule has 0 spiro atoms. The summed E-state index contributed by atoms with van der Waals surface area (Å²) in [4.78, 5) is -1.98. The van der Waals surface area contributed by atoms with E-state index < -0.39 is 15.1 Å². The second kappa shape index (κ2) is 3.92. The molecule has 0 aliphatic carbocycles. The molecule has 2 aromatic rings. The Labute approximate surface area is 110 Å². The Kier molecular flexibility index (Phi) is 2.88. The van der Waals surface area contributed by atoms with Crippen LogP contribution in [0.5, 0.6) is 0 Å². The topological polar surface area (TPSA) is 50.9 Å². The predicted molar refractivity (Wildman–Crippen MR) is 63.5 cm³/mol. The molecule has 0 aliphatic heterocycles. The molecule has 1 aromatic carbocycles. The van der Waals surface area contributed by atoms with Gasteiger partial charge in [0.15, 0.2) is 0 Å². The molecule has 0 fully saturated rings. The first kappa shape index (κ1) is 14.7. The molecule has 1 aromatic heterocycles. The van der Waals surface area contributed by atoms with Crippen LogP contribution in [0.25, 0.3) is 5.69 Å². The van der Waals surface area contributed by atoms with Crippen LogP contribution in [-0.2, 0) is 6.42 Å². The lowest BCUT2D eigenvalue weighted by Crippen LogP contribution is -2.07. The van der Waals surface area contributed by atoms with Gasteiger partial charge in [-0.3, -0.25) is 0 Å². The van der Waals surface area contributed by atoms with E-state index in [-0.39, 0.29) is 18.7 Å². The zero-order chi connectivity index (χ0) is 15.1. The van der Waals surface area contributed by atoms with Crippen LogP contribution in [0, 0.1) is 0 Å². The summed E-state index contributed by atoms with van der Waals surface area (Å²) in [5.41, 5.74) is 0.151. The van der Waals surface area contributed by atoms with Crippen molar-refractivity contribution in [2.75, 3.05) is 6.61 Å². The standard InChI is InChI=1S/C10H10F5N3OS/c11-20(12,13,14,15)10-3-1-2-9(6-10)18-7-8(4-5-19)16-17-18/h1-3,6-7,19H,4-5H2. The highest BCUT2D eigenvalue weighted by molar-refractivity contribution is 8.45. The highest BCUT2D eigenvalue weighted by atomic mass is 32.5. The third-order valence-electron chi connectivity index (χ3n) is 2.44. The molecule has 0 aliphatic rings. The average molecular weight is 315 g/mol. The van der Waals surface area contributed by atoms with Crippen molar-refractivity contribution in [3.8, 4) is 5.69 Å². The normalized spacial score (nSPS) is 15.7. The molecule has 10 heteroatoms. The van der Waals surface area contributed by atoms with Gasteiger partial charge in [0.1, 0.15) is 4.90 Å². The molecule has 20 heavy (non-hydrogen) atoms. The number of aliphatic hydroxyl groups excluding tert-OH is 1. The minimum absolute atomic E-state index is 0.168. The maximum absolute atomic E-state index is 12.7. The minimum Gasteiger partial charge on any atom is -0.396 e. The Morgan fingerprint density at radius 1 is 1.15 bits per heavy atom. The lowest BCUT2D eigenvalue weighted by molar-refractivity contribution is 0.298. The van der Waals surface area contributed by atoms with E-state index in [0.29, 0.717) is 17.8 Å². The maximum Gasteiger partial charge on any atom is 0.310 e. The summed E-state index contributed by atoms with van der Waals surface area (Å²) in [6.45, 7) is -0.204. The highest BCUT2D eigenvalue weighted by Crippen LogP contribution is 3.02. The summed E-state index contributed by atoms with van der Waals surface area (Å²) < 4.78 is 64.4. The van der Waals surface area contributed by atoms with Gasteiger partial charge in [0.2, 0.25) is 0 Å². The summed E-state index contributed by atoms with van der Waals surface area (Å²) in [6, 6.07) is 2.70. The first-order valence-electron chi connectivity index (χ1n) is 5.36. The Morgan fingerprint density at radius 2 is 1.85 bits per heavy atom. The molecule has 1 N–H and O–H groups in total. The molecule has 0 amide bonds. The lowest BCUT2D eigenvalue weighted by Gasteiger charge is -2.40. The Bertz CT molecular complexity index is 640. The predicted octanol–water partition coefficient (Wildman–Crippen LogP) is 3.46. The second-order valence-corrected chi connectivity index (χ2v) is 6.50. The van der Waals surface area contributed by atoms with E-state index in [1.807, 2.05) is 0 Å². The molecule has 0 saturated heterocycles. The highest BCUT2D eigenvalue weighted by Gasteiger charge is 2.65. The van der Waals surface area contributed by atoms with Gasteiger partial charge in [0.05, 0.1) is 17.6 Å². The van der Waals surface area contributed by atoms with E-state index in [2.05, 4.69) is 10.3 Å². The van der Waals surface area contributed by atoms with E-state index >= 15 is 0 Å². The number of aromatic nitrogens is 3. The number of rotatable bonds is 4. The van der Waals surface area contributed by atoms with Crippen LogP contribution in [0.2, 0.25) is 0 Å². The van der Waals surface area contributed by atoms with Crippen LogP contribution in [0.3, 0.4) is 0 Å². The van der Waals surface area contributed by atoms with Crippen LogP contribution in [-0.4, -0.2) is 26.7 Å². The number of halogens is 5. The van der Waals surface area contributed by atoms with Crippen molar-refractivity contribution in [1.29, 1.82) is 0 Å². The summed E-state index contributed by atoms with van der Waals surface area (Å²) in [5.74, 6) is 0. The molecule has 4 nitrogen and oxygen atoms in total. The first-order chi connectivity index (χ1) is 8.99. The Morgan fingerprint density at radius 3 is 2.45 bits per heavy atom. The summed E-state index contributed by atoms with van der Waals surface area (Å²) in [6.07, 6.45) is 1.43. The largest absolute Gasteiger partial charge is 0.396 e. The van der Waals surface area contributed by atoms with E-state index in [4.69, 9.17) is 5.11 Å². The fourth-order valence-corrected chi connectivity index (χ4v) is 2.20. The van der Waals surface area contributed by atoms with Gasteiger partial charge >= 0.3 is 10.2 Å². The van der Waals surface area contributed by atoms with E-state index in [0.717, 1.165) is 10.7 Å². The van der Waals surface area contributed by atoms with E-state index in [1.165, 1.54) is 12.3 Å². The van der Waals surface area contributed by atoms with Crippen molar-refractivity contribution < 1.29 is 24.5 Å². The van der Waals surface area contributed by atoms with Gasteiger partial charge in [-0.15, -0.1) is 5.10 Å². The number of aliphatic hydroxyl groups is 1. The monoisotopic (exact) mass is 315 g/mol. The fraction of sp³-hybridized carbons (Fsp3) is 0.200. The molecule has 2 rings (SSSR count). The molecule has 0 atom stereocenters. The van der Waals surface area contributed by atoms with Gasteiger partial charge in [-0.05, 0) is 18.2 Å². The van der Waals surface area contributed by atoms with Crippen molar-refractivity contribution in [1.82, 2.24) is 15.0 Å². The Hall–Kier alpha value is -1.68. The minimum atomic E-state index is -9.72. The van der Waals surface area contributed by atoms with Crippen LogP contribution < -0.4 is 0 Å². The van der Waals surface area contributed by atoms with Gasteiger partial charge in [0.25, 0.3) is 0 Å². The van der Waals surface area contributed by atoms with E-state index in [1.54, 1.807) is 0 Å². The van der Waals surface area contributed by atoms with Crippen molar-refractivity contribution in [2.24, 2.45) is 0 Å². The number of hydrogen-bond donors (Lipinski definition) is 1. The molecule has 112 valence electrons. The van der Waals surface area contributed by atoms with Gasteiger partial charge in [-0.25, -0.2) is 4.68 Å². The zero-order valence-electron chi connectivity index (χ0n) is 9.89. The molecule has 0 radical (unpaired) electrons. The van der Waals surface area contributed by atoms with Gasteiger partial charge in [-0.1, -0.05) is 30.7 Å². The quantitative estimate of drug-likeness (QED) is 0.879. The molecular formula is C10H10F5N3OS. The summed E-state index contributed by atoms with van der Waals surface area (Å²) in [7, 11) is -9.72. The average Bonchev–Trinajstić information content (AvgIpc) is 2.75. The molecule has 0 bridgehead atoms. The molecular weight excluding hydrogens is 305 g/mol. The van der Waals surface area contributed by atoms with Crippen molar-refractivity contribution in [2.45, 2.75) is 11.3 Å². The van der Waals surface area contributed by atoms with Crippen LogP contribution in [0.1, 0.15) is 5.69 Å². The lowest BCUT2D eigenvalue weighted by atomic mass is 10.3. The number of nitrogens with zero attached hydrogens (tertiary/aromatic N) is 3. The maximum atomic E-state index is 12.7. The number of hydrogen-bond acceptors (Lipinski definition) is 3. The van der Waals surface area contributed by atoms with Gasteiger partial charge < -0.3 is 5.11 Å². The van der Waals surface area contributed by atoms with Crippen molar-refractivity contribution in [3.05, 3.63) is 36.2 Å². The first-order valence-corrected chi connectivity index (χ1v) is 7.31. The third kappa shape index (κ3) is 3.25. The summed E-state index contributed by atoms with van der Waals surface area (Å²) in [5, 5.41) is 15.8. The SMILES string of the molecule is OCCc1cn(-c2cccc(S(F)(F)(F)(F)F)c2)nn1. The van der Waals surface area contributed by atoms with E-state index in [9.17, 15) is 19.4 Å². The van der Waals surface area contributed by atoms with Crippen LogP contribution in [0.15, 0.2) is 35.4 Å².